The van der Waals surface area contributed by atoms with Crippen LogP contribution < -0.4 is 5.73 Å². The minimum absolute atomic E-state index is 0.204. The number of benzene rings is 2. The summed E-state index contributed by atoms with van der Waals surface area (Å²) in [6, 6.07) is 6.73. The number of amides is 1. The smallest absolute Gasteiger partial charge is 0.265 e. The molecule has 3 nitrogen and oxygen atoms in total. The van der Waals surface area contributed by atoms with Gasteiger partial charge in [-0.3, -0.25) is 4.79 Å². The van der Waals surface area contributed by atoms with Crippen molar-refractivity contribution in [2.45, 2.75) is 6.92 Å². The van der Waals surface area contributed by atoms with Crippen LogP contribution in [0.3, 0.4) is 0 Å². The van der Waals surface area contributed by atoms with Gasteiger partial charge in [-0.25, -0.2) is 8.78 Å². The Morgan fingerprint density at radius 1 is 1.17 bits per heavy atom. The molecular weight excluding hydrogens is 322 g/mol. The third-order valence-electron chi connectivity index (χ3n) is 3.96. The standard InChI is InChI=1S/C17H13ClF2N2O/c1-8-12-6-10(19)7-13(11-4-3-9(18)5-14(11)20)16(12)22(2)15(8)17(21)23/h3-7H,1-2H3,(H2,21,23). The van der Waals surface area contributed by atoms with Crippen molar-refractivity contribution < 1.29 is 13.6 Å². The third-order valence-corrected chi connectivity index (χ3v) is 4.19. The molecule has 0 bridgehead atoms. The van der Waals surface area contributed by atoms with Gasteiger partial charge in [-0.15, -0.1) is 0 Å². The van der Waals surface area contributed by atoms with Crippen LogP contribution in [0, 0.1) is 18.6 Å². The molecule has 6 heteroatoms. The largest absolute Gasteiger partial charge is 0.364 e. The molecule has 0 spiro atoms. The molecule has 2 N–H and O–H groups in total. The average molecular weight is 335 g/mol. The van der Waals surface area contributed by atoms with E-state index in [4.69, 9.17) is 17.3 Å². The van der Waals surface area contributed by atoms with Crippen molar-refractivity contribution in [3.8, 4) is 11.1 Å². The fourth-order valence-electron chi connectivity index (χ4n) is 3.00. The number of nitrogens with two attached hydrogens (primary N) is 1. The van der Waals surface area contributed by atoms with Crippen molar-refractivity contribution >= 4 is 28.4 Å². The number of halogens is 3. The van der Waals surface area contributed by atoms with Gasteiger partial charge in [-0.05, 0) is 42.8 Å². The molecule has 3 rings (SSSR count). The van der Waals surface area contributed by atoms with E-state index >= 15 is 0 Å². The number of carbonyl (C=O) groups is 1. The number of rotatable bonds is 2. The van der Waals surface area contributed by atoms with Gasteiger partial charge in [0.25, 0.3) is 5.91 Å². The number of primary amides is 1. The average Bonchev–Trinajstić information content (AvgIpc) is 2.70. The molecule has 23 heavy (non-hydrogen) atoms. The van der Waals surface area contributed by atoms with Gasteiger partial charge in [-0.2, -0.15) is 0 Å². The number of carbonyl (C=O) groups excluding carboxylic acids is 1. The van der Waals surface area contributed by atoms with Crippen LogP contribution in [0.25, 0.3) is 22.0 Å². The Morgan fingerprint density at radius 2 is 1.87 bits per heavy atom. The topological polar surface area (TPSA) is 48.0 Å². The lowest BCUT2D eigenvalue weighted by Gasteiger charge is -2.09. The van der Waals surface area contributed by atoms with E-state index < -0.39 is 17.5 Å². The zero-order valence-electron chi connectivity index (χ0n) is 12.5. The molecule has 2 aromatic carbocycles. The number of aryl methyl sites for hydroxylation is 2. The van der Waals surface area contributed by atoms with Crippen LogP contribution in [0.5, 0.6) is 0 Å². The first-order chi connectivity index (χ1) is 10.8. The maximum Gasteiger partial charge on any atom is 0.265 e. The van der Waals surface area contributed by atoms with Gasteiger partial charge in [0.15, 0.2) is 0 Å². The Morgan fingerprint density at radius 3 is 2.48 bits per heavy atom. The lowest BCUT2D eigenvalue weighted by Crippen LogP contribution is -2.16. The number of hydrogen-bond acceptors (Lipinski definition) is 1. The summed E-state index contributed by atoms with van der Waals surface area (Å²) < 4.78 is 29.9. The Labute approximate surface area is 136 Å². The van der Waals surface area contributed by atoms with Crippen molar-refractivity contribution in [2.75, 3.05) is 0 Å². The van der Waals surface area contributed by atoms with Gasteiger partial charge in [0.05, 0.1) is 5.52 Å². The van der Waals surface area contributed by atoms with Gasteiger partial charge in [0.2, 0.25) is 0 Å². The Bertz CT molecular complexity index is 963. The maximum atomic E-state index is 14.3. The molecule has 0 radical (unpaired) electrons. The van der Waals surface area contributed by atoms with Gasteiger partial charge in [0, 0.05) is 28.6 Å². The summed E-state index contributed by atoms with van der Waals surface area (Å²) in [6.45, 7) is 1.68. The zero-order valence-corrected chi connectivity index (χ0v) is 13.2. The molecule has 0 aliphatic carbocycles. The van der Waals surface area contributed by atoms with Crippen LogP contribution in [0.4, 0.5) is 8.78 Å². The molecule has 1 heterocycles. The SMILES string of the molecule is Cc1c(C(N)=O)n(C)c2c(-c3ccc(Cl)cc3F)cc(F)cc12. The molecule has 3 aromatic rings. The molecule has 0 aliphatic rings. The van der Waals surface area contributed by atoms with Crippen LogP contribution >= 0.6 is 11.6 Å². The van der Waals surface area contributed by atoms with Crippen molar-refractivity contribution in [1.29, 1.82) is 0 Å². The number of aromatic nitrogens is 1. The minimum atomic E-state index is -0.621. The van der Waals surface area contributed by atoms with E-state index in [-0.39, 0.29) is 16.3 Å². The molecule has 118 valence electrons. The Kier molecular flexibility index (Phi) is 3.60. The first-order valence-corrected chi connectivity index (χ1v) is 7.22. The summed E-state index contributed by atoms with van der Waals surface area (Å²) in [4.78, 5) is 11.7. The van der Waals surface area contributed by atoms with E-state index in [0.717, 1.165) is 0 Å². The molecular formula is C17H13ClF2N2O. The molecule has 0 saturated heterocycles. The van der Waals surface area contributed by atoms with E-state index in [0.29, 0.717) is 22.0 Å². The molecule has 0 aliphatic heterocycles. The zero-order chi connectivity index (χ0) is 16.9. The fraction of sp³-hybridized carbons (Fsp3) is 0.118. The fourth-order valence-corrected chi connectivity index (χ4v) is 3.16. The summed E-state index contributed by atoms with van der Waals surface area (Å²) in [7, 11) is 1.64. The lowest BCUT2D eigenvalue weighted by atomic mass is 10.0. The Balaban J connectivity index is 2.46. The van der Waals surface area contributed by atoms with E-state index in [1.165, 1.54) is 30.3 Å². The number of hydrogen-bond donors (Lipinski definition) is 1. The quantitative estimate of drug-likeness (QED) is 0.750. The predicted octanol–water partition coefficient (Wildman–Crippen LogP) is 4.18. The van der Waals surface area contributed by atoms with Gasteiger partial charge >= 0.3 is 0 Å². The summed E-state index contributed by atoms with van der Waals surface area (Å²) >= 11 is 5.78. The minimum Gasteiger partial charge on any atom is -0.364 e. The molecule has 0 unspecified atom stereocenters. The molecule has 1 aromatic heterocycles. The summed E-state index contributed by atoms with van der Waals surface area (Å²) in [5.41, 5.74) is 7.32. The van der Waals surface area contributed by atoms with Crippen LogP contribution in [-0.2, 0) is 7.05 Å². The van der Waals surface area contributed by atoms with Crippen molar-refractivity contribution in [3.63, 3.8) is 0 Å². The van der Waals surface area contributed by atoms with Gasteiger partial charge in [0.1, 0.15) is 17.3 Å². The van der Waals surface area contributed by atoms with Crippen LogP contribution in [-0.4, -0.2) is 10.5 Å². The first-order valence-electron chi connectivity index (χ1n) is 6.85. The number of fused-ring (bicyclic) bond motifs is 1. The van der Waals surface area contributed by atoms with Gasteiger partial charge < -0.3 is 10.3 Å². The molecule has 0 atom stereocenters. The highest BCUT2D eigenvalue weighted by Crippen LogP contribution is 2.36. The van der Waals surface area contributed by atoms with E-state index in [9.17, 15) is 13.6 Å². The summed E-state index contributed by atoms with van der Waals surface area (Å²) in [5, 5.41) is 0.769. The Hall–Kier alpha value is -2.40. The van der Waals surface area contributed by atoms with Crippen molar-refractivity contribution in [2.24, 2.45) is 12.8 Å². The highest BCUT2D eigenvalue weighted by atomic mass is 35.5. The van der Waals surface area contributed by atoms with Gasteiger partial charge in [-0.1, -0.05) is 11.6 Å². The van der Waals surface area contributed by atoms with Crippen LogP contribution in [0.1, 0.15) is 16.1 Å². The molecule has 1 amide bonds. The second-order valence-corrected chi connectivity index (χ2v) is 5.81. The molecule has 0 saturated carbocycles. The highest BCUT2D eigenvalue weighted by molar-refractivity contribution is 6.30. The third kappa shape index (κ3) is 2.37. The summed E-state index contributed by atoms with van der Waals surface area (Å²) in [6.07, 6.45) is 0. The lowest BCUT2D eigenvalue weighted by molar-refractivity contribution is 0.0992. The maximum absolute atomic E-state index is 14.3. The van der Waals surface area contributed by atoms with E-state index in [2.05, 4.69) is 0 Å². The van der Waals surface area contributed by atoms with Crippen molar-refractivity contribution in [3.05, 3.63) is 58.2 Å². The van der Waals surface area contributed by atoms with Crippen LogP contribution in [0.15, 0.2) is 30.3 Å². The van der Waals surface area contributed by atoms with Crippen LogP contribution in [0.2, 0.25) is 5.02 Å². The second-order valence-electron chi connectivity index (χ2n) is 5.37. The van der Waals surface area contributed by atoms with E-state index in [1.807, 2.05) is 0 Å². The predicted molar refractivity (Wildman–Crippen MR) is 86.5 cm³/mol. The number of nitrogens with zero attached hydrogens (tertiary/aromatic N) is 1. The van der Waals surface area contributed by atoms with E-state index in [1.54, 1.807) is 18.5 Å². The normalized spacial score (nSPS) is 11.2. The van der Waals surface area contributed by atoms with Crippen molar-refractivity contribution in [1.82, 2.24) is 4.57 Å². The monoisotopic (exact) mass is 334 g/mol. The molecule has 0 fully saturated rings. The second kappa shape index (κ2) is 5.35. The summed E-state index contributed by atoms with van der Waals surface area (Å²) in [5.74, 6) is -1.71. The first kappa shape index (κ1) is 15.5. The highest BCUT2D eigenvalue weighted by Gasteiger charge is 2.21.